The zero-order chi connectivity index (χ0) is 13.2. The first-order valence-electron chi connectivity index (χ1n) is 6.08. The highest BCUT2D eigenvalue weighted by atomic mass is 32.1. The third kappa shape index (κ3) is 2.02. The van der Waals surface area contributed by atoms with Gasteiger partial charge in [-0.15, -0.1) is 11.3 Å². The van der Waals surface area contributed by atoms with Gasteiger partial charge in [-0.3, -0.25) is 9.20 Å². The van der Waals surface area contributed by atoms with Gasteiger partial charge in [0.05, 0.1) is 0 Å². The Labute approximate surface area is 114 Å². The summed E-state index contributed by atoms with van der Waals surface area (Å²) in [5.74, 6) is -0.00190. The maximum absolute atomic E-state index is 12.6. The van der Waals surface area contributed by atoms with Crippen LogP contribution in [-0.2, 0) is 0 Å². The van der Waals surface area contributed by atoms with Gasteiger partial charge in [0.15, 0.2) is 4.96 Å². The van der Waals surface area contributed by atoms with Crippen molar-refractivity contribution in [2.24, 2.45) is 0 Å². The molecule has 1 amide bonds. The lowest BCUT2D eigenvalue weighted by Crippen LogP contribution is -2.31. The molecular formula is C14H13N3OS. The molecule has 0 bridgehead atoms. The summed E-state index contributed by atoms with van der Waals surface area (Å²) in [5, 5.41) is 1.86. The molecular weight excluding hydrogens is 258 g/mol. The van der Waals surface area contributed by atoms with Crippen LogP contribution in [0, 0.1) is 0 Å². The molecule has 19 heavy (non-hydrogen) atoms. The minimum Gasteiger partial charge on any atom is -0.307 e. The highest BCUT2D eigenvalue weighted by Gasteiger charge is 2.19. The molecule has 0 aliphatic heterocycles. The molecule has 2 aromatic heterocycles. The molecule has 0 unspecified atom stereocenters. The van der Waals surface area contributed by atoms with Gasteiger partial charge in [-0.2, -0.15) is 0 Å². The monoisotopic (exact) mass is 271 g/mol. The first kappa shape index (κ1) is 11.9. The average Bonchev–Trinajstić information content (AvgIpc) is 3.03. The molecule has 0 N–H and O–H groups in total. The molecule has 0 fully saturated rings. The van der Waals surface area contributed by atoms with Gasteiger partial charge < -0.3 is 4.90 Å². The quantitative estimate of drug-likeness (QED) is 0.734. The summed E-state index contributed by atoms with van der Waals surface area (Å²) in [5.41, 5.74) is 1.57. The number of anilines is 1. The summed E-state index contributed by atoms with van der Waals surface area (Å²) < 4.78 is 1.83. The van der Waals surface area contributed by atoms with Crippen molar-refractivity contribution in [3.05, 3.63) is 53.8 Å². The number of benzene rings is 1. The number of imidazole rings is 1. The molecule has 96 valence electrons. The fourth-order valence-electron chi connectivity index (χ4n) is 2.07. The molecule has 0 saturated heterocycles. The molecule has 0 aliphatic carbocycles. The minimum atomic E-state index is -0.00190. The van der Waals surface area contributed by atoms with Gasteiger partial charge >= 0.3 is 0 Å². The van der Waals surface area contributed by atoms with Crippen molar-refractivity contribution < 1.29 is 4.79 Å². The summed E-state index contributed by atoms with van der Waals surface area (Å²) in [6.45, 7) is 2.61. The number of nitrogens with zero attached hydrogens (tertiary/aromatic N) is 3. The highest BCUT2D eigenvalue weighted by molar-refractivity contribution is 7.15. The Bertz CT molecular complexity index is 702. The average molecular weight is 271 g/mol. The fourth-order valence-corrected chi connectivity index (χ4v) is 2.89. The van der Waals surface area contributed by atoms with Gasteiger partial charge in [-0.05, 0) is 19.1 Å². The fraction of sp³-hybridized carbons (Fsp3) is 0.143. The van der Waals surface area contributed by atoms with Gasteiger partial charge in [0.1, 0.15) is 5.69 Å². The Morgan fingerprint density at radius 2 is 2.16 bits per heavy atom. The van der Waals surface area contributed by atoms with E-state index in [0.29, 0.717) is 12.2 Å². The predicted octanol–water partition coefficient (Wildman–Crippen LogP) is 3.06. The Morgan fingerprint density at radius 1 is 1.37 bits per heavy atom. The molecule has 4 nitrogen and oxygen atoms in total. The van der Waals surface area contributed by atoms with E-state index in [1.165, 1.54) is 11.3 Å². The normalized spacial score (nSPS) is 10.8. The molecule has 5 heteroatoms. The number of hydrogen-bond acceptors (Lipinski definition) is 3. The Hall–Kier alpha value is -2.14. The van der Waals surface area contributed by atoms with Crippen LogP contribution in [0.2, 0.25) is 0 Å². The van der Waals surface area contributed by atoms with Gasteiger partial charge in [-0.25, -0.2) is 4.98 Å². The second-order valence-electron chi connectivity index (χ2n) is 4.09. The number of carbonyl (C=O) groups excluding carboxylic acids is 1. The Kier molecular flexibility index (Phi) is 3.05. The molecule has 0 radical (unpaired) electrons. The van der Waals surface area contributed by atoms with E-state index in [2.05, 4.69) is 4.98 Å². The van der Waals surface area contributed by atoms with E-state index in [4.69, 9.17) is 0 Å². The molecule has 2 heterocycles. The third-order valence-electron chi connectivity index (χ3n) is 2.99. The van der Waals surface area contributed by atoms with E-state index < -0.39 is 0 Å². The largest absolute Gasteiger partial charge is 0.307 e. The van der Waals surface area contributed by atoms with Crippen LogP contribution in [0.15, 0.2) is 48.1 Å². The van der Waals surface area contributed by atoms with Crippen LogP contribution < -0.4 is 4.90 Å². The van der Waals surface area contributed by atoms with Gasteiger partial charge in [0.2, 0.25) is 0 Å². The van der Waals surface area contributed by atoms with Crippen LogP contribution in [0.3, 0.4) is 0 Å². The maximum atomic E-state index is 12.6. The van der Waals surface area contributed by atoms with Crippen LogP contribution in [0.1, 0.15) is 17.4 Å². The minimum absolute atomic E-state index is 0.00190. The predicted molar refractivity (Wildman–Crippen MR) is 76.9 cm³/mol. The van der Waals surface area contributed by atoms with E-state index in [0.717, 1.165) is 10.6 Å². The molecule has 1 aromatic carbocycles. The van der Waals surface area contributed by atoms with Crippen LogP contribution in [-0.4, -0.2) is 21.8 Å². The summed E-state index contributed by atoms with van der Waals surface area (Å²) in [7, 11) is 0. The second-order valence-corrected chi connectivity index (χ2v) is 4.92. The molecule has 0 atom stereocenters. The van der Waals surface area contributed by atoms with Crippen LogP contribution in [0.4, 0.5) is 5.69 Å². The van der Waals surface area contributed by atoms with Crippen molar-refractivity contribution >= 4 is 27.9 Å². The SMILES string of the molecule is CCN(C(=O)c1csc2nccn12)c1ccccc1. The topological polar surface area (TPSA) is 37.6 Å². The lowest BCUT2D eigenvalue weighted by atomic mass is 10.2. The number of aromatic nitrogens is 2. The summed E-state index contributed by atoms with van der Waals surface area (Å²) in [6, 6.07) is 9.70. The third-order valence-corrected chi connectivity index (χ3v) is 3.84. The number of fused-ring (bicyclic) bond motifs is 1. The number of para-hydroxylation sites is 1. The van der Waals surface area contributed by atoms with Crippen LogP contribution in [0.25, 0.3) is 4.96 Å². The first-order chi connectivity index (χ1) is 9.31. The Balaban J connectivity index is 2.01. The van der Waals surface area contributed by atoms with E-state index >= 15 is 0 Å². The molecule has 0 spiro atoms. The van der Waals surface area contributed by atoms with Gasteiger partial charge in [0, 0.05) is 30.0 Å². The Morgan fingerprint density at radius 3 is 2.89 bits per heavy atom. The molecule has 3 aromatic rings. The summed E-state index contributed by atoms with van der Waals surface area (Å²) >= 11 is 1.48. The van der Waals surface area contributed by atoms with Crippen molar-refractivity contribution in [2.45, 2.75) is 6.92 Å². The number of thiazole rings is 1. The van der Waals surface area contributed by atoms with Gasteiger partial charge in [0.25, 0.3) is 5.91 Å². The molecule has 0 aliphatic rings. The van der Waals surface area contributed by atoms with E-state index in [1.807, 2.05) is 53.2 Å². The summed E-state index contributed by atoms with van der Waals surface area (Å²) in [4.78, 5) is 19.4. The smallest absolute Gasteiger partial charge is 0.276 e. The van der Waals surface area contributed by atoms with E-state index in [9.17, 15) is 4.79 Å². The van der Waals surface area contributed by atoms with Gasteiger partial charge in [-0.1, -0.05) is 18.2 Å². The number of carbonyl (C=O) groups is 1. The zero-order valence-corrected chi connectivity index (χ0v) is 11.3. The summed E-state index contributed by atoms with van der Waals surface area (Å²) in [6.07, 6.45) is 3.53. The van der Waals surface area contributed by atoms with E-state index in [-0.39, 0.29) is 5.91 Å². The maximum Gasteiger partial charge on any atom is 0.276 e. The highest BCUT2D eigenvalue weighted by Crippen LogP contribution is 2.20. The standard InChI is InChI=1S/C14H13N3OS/c1-2-16(11-6-4-3-5-7-11)13(18)12-10-19-14-15-8-9-17(12)14/h3-10H,2H2,1H3. The van der Waals surface area contributed by atoms with E-state index in [1.54, 1.807) is 11.1 Å². The van der Waals surface area contributed by atoms with Crippen molar-refractivity contribution in [3.63, 3.8) is 0 Å². The van der Waals surface area contributed by atoms with Crippen molar-refractivity contribution in [2.75, 3.05) is 11.4 Å². The van der Waals surface area contributed by atoms with Crippen molar-refractivity contribution in [1.82, 2.24) is 9.38 Å². The number of rotatable bonds is 3. The van der Waals surface area contributed by atoms with Crippen LogP contribution >= 0.6 is 11.3 Å². The molecule has 3 rings (SSSR count). The van der Waals surface area contributed by atoms with Crippen molar-refractivity contribution in [3.8, 4) is 0 Å². The lowest BCUT2D eigenvalue weighted by molar-refractivity contribution is 0.0983. The first-order valence-corrected chi connectivity index (χ1v) is 6.96. The second kappa shape index (κ2) is 4.85. The zero-order valence-electron chi connectivity index (χ0n) is 10.5. The number of hydrogen-bond donors (Lipinski definition) is 0. The van der Waals surface area contributed by atoms with Crippen LogP contribution in [0.5, 0.6) is 0 Å². The lowest BCUT2D eigenvalue weighted by Gasteiger charge is -2.20. The molecule has 0 saturated carbocycles. The van der Waals surface area contributed by atoms with Crippen molar-refractivity contribution in [1.29, 1.82) is 0 Å². The number of amides is 1.